The molecule has 0 radical (unpaired) electrons. The van der Waals surface area contributed by atoms with Gasteiger partial charge < -0.3 is 5.11 Å². The van der Waals surface area contributed by atoms with E-state index in [1.54, 1.807) is 29.0 Å². The van der Waals surface area contributed by atoms with E-state index in [1.165, 1.54) is 24.4 Å². The third-order valence-corrected chi connectivity index (χ3v) is 5.89. The molecule has 2 aromatic heterocycles. The number of anilines is 1. The average Bonchev–Trinajstić information content (AvgIpc) is 3.43. The molecular formula is C18H11N3O5S2. The second-order valence-corrected chi connectivity index (χ2v) is 7.60. The van der Waals surface area contributed by atoms with Gasteiger partial charge in [0, 0.05) is 17.6 Å². The van der Waals surface area contributed by atoms with E-state index in [1.807, 2.05) is 0 Å². The lowest BCUT2D eigenvalue weighted by atomic mass is 9.94. The minimum Gasteiger partial charge on any atom is -0.503 e. The van der Waals surface area contributed by atoms with Gasteiger partial charge in [0.2, 0.25) is 5.78 Å². The van der Waals surface area contributed by atoms with Crippen molar-refractivity contribution < 1.29 is 19.6 Å². The first kappa shape index (κ1) is 18.0. The number of ketones is 1. The number of rotatable bonds is 5. The summed E-state index contributed by atoms with van der Waals surface area (Å²) in [5.41, 5.74) is -0.329. The van der Waals surface area contributed by atoms with Crippen molar-refractivity contribution in [3.63, 3.8) is 0 Å². The first-order valence-electron chi connectivity index (χ1n) is 7.98. The number of Topliss-reactive ketones (excluding diaryl/α,β-unsaturated/α-hetero) is 1. The fourth-order valence-electron chi connectivity index (χ4n) is 3.09. The van der Waals surface area contributed by atoms with Crippen LogP contribution in [0, 0.1) is 10.1 Å². The van der Waals surface area contributed by atoms with E-state index in [2.05, 4.69) is 4.98 Å². The molecule has 8 nitrogen and oxygen atoms in total. The Morgan fingerprint density at radius 2 is 1.96 bits per heavy atom. The second kappa shape index (κ2) is 6.98. The van der Waals surface area contributed by atoms with Gasteiger partial charge in [0.05, 0.1) is 20.9 Å². The number of amides is 1. The number of carbonyl (C=O) groups excluding carboxylic acids is 2. The highest BCUT2D eigenvalue weighted by atomic mass is 32.1. The van der Waals surface area contributed by atoms with E-state index in [0.717, 1.165) is 27.6 Å². The summed E-state index contributed by atoms with van der Waals surface area (Å²) >= 11 is 2.28. The third-order valence-electron chi connectivity index (χ3n) is 4.25. The van der Waals surface area contributed by atoms with Crippen LogP contribution in [-0.4, -0.2) is 26.7 Å². The van der Waals surface area contributed by atoms with Crippen LogP contribution < -0.4 is 4.90 Å². The quantitative estimate of drug-likeness (QED) is 0.386. The summed E-state index contributed by atoms with van der Waals surface area (Å²) in [6.07, 6.45) is 1.47. The number of thiazole rings is 1. The van der Waals surface area contributed by atoms with Gasteiger partial charge in [0.1, 0.15) is 6.04 Å². The molecule has 28 heavy (non-hydrogen) atoms. The number of hydrogen-bond donors (Lipinski definition) is 1. The zero-order valence-corrected chi connectivity index (χ0v) is 15.6. The summed E-state index contributed by atoms with van der Waals surface area (Å²) in [5, 5.41) is 25.7. The van der Waals surface area contributed by atoms with Gasteiger partial charge in [-0.3, -0.25) is 24.6 Å². The summed E-state index contributed by atoms with van der Waals surface area (Å²) in [7, 11) is 0. The van der Waals surface area contributed by atoms with Crippen molar-refractivity contribution in [2.45, 2.75) is 6.04 Å². The molecule has 4 rings (SSSR count). The van der Waals surface area contributed by atoms with Crippen LogP contribution in [0.2, 0.25) is 0 Å². The fraction of sp³-hybridized carbons (Fsp3) is 0.0556. The normalized spacial score (nSPS) is 16.6. The van der Waals surface area contributed by atoms with E-state index in [-0.39, 0.29) is 22.0 Å². The maximum Gasteiger partial charge on any atom is 0.296 e. The van der Waals surface area contributed by atoms with Gasteiger partial charge in [-0.1, -0.05) is 18.2 Å². The summed E-state index contributed by atoms with van der Waals surface area (Å²) < 4.78 is 0. The molecule has 0 bridgehead atoms. The van der Waals surface area contributed by atoms with Gasteiger partial charge in [0.15, 0.2) is 10.9 Å². The highest BCUT2D eigenvalue weighted by Gasteiger charge is 2.47. The number of para-hydroxylation sites is 1. The maximum atomic E-state index is 13.1. The molecule has 0 unspecified atom stereocenters. The van der Waals surface area contributed by atoms with Crippen LogP contribution in [0.15, 0.2) is 64.7 Å². The summed E-state index contributed by atoms with van der Waals surface area (Å²) in [6.45, 7) is 0. The Morgan fingerprint density at radius 1 is 1.18 bits per heavy atom. The van der Waals surface area contributed by atoms with Crippen LogP contribution in [0.25, 0.3) is 0 Å². The lowest BCUT2D eigenvalue weighted by molar-refractivity contribution is -0.385. The monoisotopic (exact) mass is 413 g/mol. The van der Waals surface area contributed by atoms with Gasteiger partial charge >= 0.3 is 0 Å². The van der Waals surface area contributed by atoms with Crippen molar-refractivity contribution in [3.8, 4) is 0 Å². The molecule has 0 saturated carbocycles. The molecule has 1 amide bonds. The number of aliphatic hydroxyl groups is 1. The zero-order chi connectivity index (χ0) is 19.8. The van der Waals surface area contributed by atoms with Crippen LogP contribution in [0.1, 0.15) is 21.3 Å². The van der Waals surface area contributed by atoms with Crippen LogP contribution in [0.3, 0.4) is 0 Å². The molecule has 10 heteroatoms. The minimum absolute atomic E-state index is 0.125. The molecule has 1 N–H and O–H groups in total. The highest BCUT2D eigenvalue weighted by Crippen LogP contribution is 2.45. The smallest absolute Gasteiger partial charge is 0.296 e. The lowest BCUT2D eigenvalue weighted by Crippen LogP contribution is -2.31. The summed E-state index contributed by atoms with van der Waals surface area (Å²) in [4.78, 5) is 42.4. The number of thiophene rings is 1. The standard InChI is InChI=1S/C18H11N3O5S2/c22-15(12-6-3-8-27-12)13-14(10-4-1-2-5-11(10)21(25)26)20(17(24)16(13)23)18-19-7-9-28-18/h1-9,14,23H/t14-/m0/s1. The molecule has 1 aliphatic heterocycles. The van der Waals surface area contributed by atoms with E-state index >= 15 is 0 Å². The zero-order valence-electron chi connectivity index (χ0n) is 14.0. The lowest BCUT2D eigenvalue weighted by Gasteiger charge is -2.24. The molecule has 3 heterocycles. The van der Waals surface area contributed by atoms with Crippen molar-refractivity contribution in [2.24, 2.45) is 0 Å². The van der Waals surface area contributed by atoms with Gasteiger partial charge in [-0.25, -0.2) is 4.98 Å². The van der Waals surface area contributed by atoms with E-state index < -0.39 is 28.4 Å². The first-order valence-corrected chi connectivity index (χ1v) is 9.74. The largest absolute Gasteiger partial charge is 0.503 e. The van der Waals surface area contributed by atoms with Crippen LogP contribution in [0.4, 0.5) is 10.8 Å². The number of carbonyl (C=O) groups is 2. The molecule has 0 saturated heterocycles. The maximum absolute atomic E-state index is 13.1. The van der Waals surface area contributed by atoms with Crippen molar-refractivity contribution in [1.82, 2.24) is 4.98 Å². The Hall–Kier alpha value is -3.37. The molecule has 1 atom stereocenters. The van der Waals surface area contributed by atoms with Crippen LogP contribution >= 0.6 is 22.7 Å². The molecule has 1 aromatic carbocycles. The molecule has 0 spiro atoms. The van der Waals surface area contributed by atoms with Crippen molar-refractivity contribution >= 4 is 45.2 Å². The Labute approximate surface area is 166 Å². The number of benzene rings is 1. The Kier molecular flexibility index (Phi) is 4.49. The minimum atomic E-state index is -1.16. The third kappa shape index (κ3) is 2.79. The number of nitro groups is 1. The number of nitro benzene ring substituents is 1. The SMILES string of the molecule is O=C(C1=C(O)C(=O)N(c2nccs2)[C@H]1c1ccccc1[N+](=O)[O-])c1cccs1. The Bertz CT molecular complexity index is 1110. The first-order chi connectivity index (χ1) is 13.5. The van der Waals surface area contributed by atoms with Crippen LogP contribution in [-0.2, 0) is 4.79 Å². The Balaban J connectivity index is 1.95. The molecule has 0 aliphatic carbocycles. The number of aromatic nitrogens is 1. The number of hydrogen-bond acceptors (Lipinski definition) is 8. The average molecular weight is 413 g/mol. The predicted molar refractivity (Wildman–Crippen MR) is 104 cm³/mol. The van der Waals surface area contributed by atoms with Crippen LogP contribution in [0.5, 0.6) is 0 Å². The molecule has 140 valence electrons. The molecule has 0 fully saturated rings. The molecule has 1 aliphatic rings. The van der Waals surface area contributed by atoms with E-state index in [4.69, 9.17) is 0 Å². The Morgan fingerprint density at radius 3 is 2.61 bits per heavy atom. The van der Waals surface area contributed by atoms with Crippen molar-refractivity contribution in [3.05, 3.63) is 85.2 Å². The van der Waals surface area contributed by atoms with E-state index in [0.29, 0.717) is 4.88 Å². The van der Waals surface area contributed by atoms with Gasteiger partial charge in [0.25, 0.3) is 11.6 Å². The van der Waals surface area contributed by atoms with Gasteiger partial charge in [-0.05, 0) is 17.5 Å². The van der Waals surface area contributed by atoms with E-state index in [9.17, 15) is 24.8 Å². The highest BCUT2D eigenvalue weighted by molar-refractivity contribution is 7.14. The number of aliphatic hydroxyl groups excluding tert-OH is 1. The summed E-state index contributed by atoms with van der Waals surface area (Å²) in [6, 6.07) is 7.92. The summed E-state index contributed by atoms with van der Waals surface area (Å²) in [5.74, 6) is -2.10. The van der Waals surface area contributed by atoms with Crippen molar-refractivity contribution in [1.29, 1.82) is 0 Å². The van der Waals surface area contributed by atoms with Crippen molar-refractivity contribution in [2.75, 3.05) is 4.90 Å². The number of nitrogens with zero attached hydrogens (tertiary/aromatic N) is 3. The molecular weight excluding hydrogens is 402 g/mol. The topological polar surface area (TPSA) is 114 Å². The molecule has 3 aromatic rings. The van der Waals surface area contributed by atoms with Gasteiger partial charge in [-0.15, -0.1) is 22.7 Å². The predicted octanol–water partition coefficient (Wildman–Crippen LogP) is 3.90. The fourth-order valence-corrected chi connectivity index (χ4v) is 4.43. The second-order valence-electron chi connectivity index (χ2n) is 5.78. The van der Waals surface area contributed by atoms with Gasteiger partial charge in [-0.2, -0.15) is 0 Å².